The molecule has 6 heteroatoms. The van der Waals surface area contributed by atoms with E-state index in [0.29, 0.717) is 6.54 Å². The molecule has 0 aromatic rings. The zero-order valence-electron chi connectivity index (χ0n) is 14.0. The van der Waals surface area contributed by atoms with E-state index in [9.17, 15) is 9.90 Å². The maximum atomic E-state index is 11.4. The molecule has 2 N–H and O–H groups in total. The molecule has 2 fully saturated rings. The molecule has 1 aliphatic heterocycles. The number of carbonyl (C=O) groups is 1. The third-order valence-corrected chi connectivity index (χ3v) is 9.94. The molecule has 122 valence electrons. The Kier molecular flexibility index (Phi) is 4.71. The van der Waals surface area contributed by atoms with Crippen molar-refractivity contribution in [2.75, 3.05) is 13.1 Å². The Hall–Kier alpha value is -0.593. The van der Waals surface area contributed by atoms with Gasteiger partial charge in [-0.2, -0.15) is 0 Å². The lowest BCUT2D eigenvalue weighted by Gasteiger charge is -2.50. The summed E-state index contributed by atoms with van der Waals surface area (Å²) < 4.78 is 6.60. The molecule has 3 atom stereocenters. The summed E-state index contributed by atoms with van der Waals surface area (Å²) in [4.78, 5) is 13.0. The molecule has 1 saturated heterocycles. The largest absolute Gasteiger partial charge is 0.465 e. The second-order valence-corrected chi connectivity index (χ2v) is 12.6. The number of fused-ring (bicyclic) bond motifs is 1. The highest BCUT2D eigenvalue weighted by molar-refractivity contribution is 6.74. The molecule has 0 aromatic heterocycles. The van der Waals surface area contributed by atoms with Gasteiger partial charge < -0.3 is 19.7 Å². The first-order chi connectivity index (χ1) is 9.63. The van der Waals surface area contributed by atoms with E-state index in [1.807, 2.05) is 0 Å². The fourth-order valence-corrected chi connectivity index (χ4v) is 4.57. The number of amides is 1. The zero-order chi connectivity index (χ0) is 15.8. The summed E-state index contributed by atoms with van der Waals surface area (Å²) in [6.07, 6.45) is 2.38. The molecule has 0 bridgehead atoms. The number of hydrogen-bond acceptors (Lipinski definition) is 3. The average Bonchev–Trinajstić information content (AvgIpc) is 2.36. The minimum absolute atomic E-state index is 0.0692. The van der Waals surface area contributed by atoms with Crippen molar-refractivity contribution in [3.05, 3.63) is 0 Å². The molecule has 21 heavy (non-hydrogen) atoms. The summed E-state index contributed by atoms with van der Waals surface area (Å²) in [7, 11) is -1.82. The SMILES string of the molecule is CC(C)(C)[Si](C)(C)O[C@@H]1CCC[C@H]2[C@@H]1NCCN2C(=O)O. The zero-order valence-corrected chi connectivity index (χ0v) is 15.0. The van der Waals surface area contributed by atoms with E-state index < -0.39 is 14.4 Å². The number of carboxylic acid groups (broad SMARTS) is 1. The maximum Gasteiger partial charge on any atom is 0.407 e. The second-order valence-electron chi connectivity index (χ2n) is 7.87. The molecular formula is C15H30N2O3Si. The fourth-order valence-electron chi connectivity index (χ4n) is 3.19. The van der Waals surface area contributed by atoms with Crippen LogP contribution >= 0.6 is 0 Å². The van der Waals surface area contributed by atoms with Gasteiger partial charge in [0.1, 0.15) is 0 Å². The highest BCUT2D eigenvalue weighted by atomic mass is 28.4. The van der Waals surface area contributed by atoms with E-state index in [4.69, 9.17) is 4.43 Å². The summed E-state index contributed by atoms with van der Waals surface area (Å²) in [5.74, 6) is 0. The molecule has 0 aromatic carbocycles. The lowest BCUT2D eigenvalue weighted by atomic mass is 9.85. The van der Waals surface area contributed by atoms with Crippen molar-refractivity contribution in [1.82, 2.24) is 10.2 Å². The van der Waals surface area contributed by atoms with Gasteiger partial charge in [-0.1, -0.05) is 20.8 Å². The van der Waals surface area contributed by atoms with Crippen LogP contribution in [0.5, 0.6) is 0 Å². The quantitative estimate of drug-likeness (QED) is 0.769. The maximum absolute atomic E-state index is 11.4. The number of piperazine rings is 1. The van der Waals surface area contributed by atoms with E-state index in [0.717, 1.165) is 25.8 Å². The van der Waals surface area contributed by atoms with Gasteiger partial charge in [-0.05, 0) is 37.4 Å². The predicted molar refractivity (Wildman–Crippen MR) is 86.2 cm³/mol. The lowest BCUT2D eigenvalue weighted by Crippen LogP contribution is -2.66. The summed E-state index contributed by atoms with van der Waals surface area (Å²) in [5.41, 5.74) is 0. The van der Waals surface area contributed by atoms with Crippen LogP contribution in [-0.4, -0.2) is 55.7 Å². The van der Waals surface area contributed by atoms with Crippen molar-refractivity contribution >= 4 is 14.4 Å². The van der Waals surface area contributed by atoms with Crippen molar-refractivity contribution in [1.29, 1.82) is 0 Å². The molecule has 0 radical (unpaired) electrons. The summed E-state index contributed by atoms with van der Waals surface area (Å²) in [6.45, 7) is 12.6. The Morgan fingerprint density at radius 2 is 2.00 bits per heavy atom. The minimum Gasteiger partial charge on any atom is -0.465 e. The first kappa shape index (κ1) is 16.8. The first-order valence-corrected chi connectivity index (χ1v) is 10.9. The van der Waals surface area contributed by atoms with Gasteiger partial charge in [0, 0.05) is 13.1 Å². The van der Waals surface area contributed by atoms with E-state index in [2.05, 4.69) is 39.2 Å². The minimum atomic E-state index is -1.82. The third kappa shape index (κ3) is 3.43. The van der Waals surface area contributed by atoms with Crippen LogP contribution in [0.2, 0.25) is 18.1 Å². The number of nitrogens with one attached hydrogen (secondary N) is 1. The monoisotopic (exact) mass is 314 g/mol. The Labute approximate surface area is 129 Å². The Morgan fingerprint density at radius 3 is 2.57 bits per heavy atom. The van der Waals surface area contributed by atoms with E-state index in [1.54, 1.807) is 4.90 Å². The highest BCUT2D eigenvalue weighted by Crippen LogP contribution is 2.39. The average molecular weight is 315 g/mol. The third-order valence-electron chi connectivity index (χ3n) is 5.43. The topological polar surface area (TPSA) is 61.8 Å². The molecule has 1 amide bonds. The van der Waals surface area contributed by atoms with Gasteiger partial charge >= 0.3 is 6.09 Å². The molecular weight excluding hydrogens is 284 g/mol. The lowest BCUT2D eigenvalue weighted by molar-refractivity contribution is 0.0136. The van der Waals surface area contributed by atoms with Gasteiger partial charge in [0.05, 0.1) is 18.2 Å². The molecule has 2 rings (SSSR count). The van der Waals surface area contributed by atoms with Crippen molar-refractivity contribution < 1.29 is 14.3 Å². The van der Waals surface area contributed by atoms with E-state index in [-0.39, 0.29) is 23.2 Å². The van der Waals surface area contributed by atoms with E-state index in [1.165, 1.54) is 0 Å². The van der Waals surface area contributed by atoms with Crippen LogP contribution < -0.4 is 5.32 Å². The summed E-state index contributed by atoms with van der Waals surface area (Å²) in [6, 6.07) is 0.220. The summed E-state index contributed by atoms with van der Waals surface area (Å²) in [5, 5.41) is 13.1. The van der Waals surface area contributed by atoms with Crippen LogP contribution in [0.3, 0.4) is 0 Å². The summed E-state index contributed by atoms with van der Waals surface area (Å²) >= 11 is 0. The van der Waals surface area contributed by atoms with Crippen LogP contribution in [0, 0.1) is 0 Å². The Morgan fingerprint density at radius 1 is 1.33 bits per heavy atom. The van der Waals surface area contributed by atoms with Crippen LogP contribution in [0.1, 0.15) is 40.0 Å². The second kappa shape index (κ2) is 5.89. The number of hydrogen-bond donors (Lipinski definition) is 2. The Bertz CT molecular complexity index is 395. The first-order valence-electron chi connectivity index (χ1n) is 8.04. The fraction of sp³-hybridized carbons (Fsp3) is 0.933. The van der Waals surface area contributed by atoms with Gasteiger partial charge in [0.25, 0.3) is 0 Å². The van der Waals surface area contributed by atoms with Crippen LogP contribution in [0.15, 0.2) is 0 Å². The van der Waals surface area contributed by atoms with Crippen molar-refractivity contribution in [2.24, 2.45) is 0 Å². The van der Waals surface area contributed by atoms with Gasteiger partial charge in [-0.3, -0.25) is 0 Å². The van der Waals surface area contributed by atoms with Crippen molar-refractivity contribution in [3.8, 4) is 0 Å². The normalized spacial score (nSPS) is 30.9. The van der Waals surface area contributed by atoms with Gasteiger partial charge in [-0.25, -0.2) is 4.79 Å². The Balaban J connectivity index is 2.12. The highest BCUT2D eigenvalue weighted by Gasteiger charge is 2.46. The van der Waals surface area contributed by atoms with Gasteiger partial charge in [0.15, 0.2) is 8.32 Å². The van der Waals surface area contributed by atoms with Gasteiger partial charge in [-0.15, -0.1) is 0 Å². The van der Waals surface area contributed by atoms with Crippen molar-refractivity contribution in [2.45, 2.75) is 76.4 Å². The predicted octanol–water partition coefficient (Wildman–Crippen LogP) is 2.88. The van der Waals surface area contributed by atoms with E-state index >= 15 is 0 Å². The smallest absolute Gasteiger partial charge is 0.407 e. The van der Waals surface area contributed by atoms with Crippen LogP contribution in [-0.2, 0) is 4.43 Å². The number of nitrogens with zero attached hydrogens (tertiary/aromatic N) is 1. The van der Waals surface area contributed by atoms with Gasteiger partial charge in [0.2, 0.25) is 0 Å². The van der Waals surface area contributed by atoms with Crippen molar-refractivity contribution in [3.63, 3.8) is 0 Å². The molecule has 1 saturated carbocycles. The molecule has 2 aliphatic rings. The molecule has 1 aliphatic carbocycles. The molecule has 1 heterocycles. The molecule has 5 nitrogen and oxygen atoms in total. The standard InChI is InChI=1S/C15H30N2O3Si/c1-15(2,3)21(4,5)20-12-8-6-7-11-13(12)16-9-10-17(11)14(18)19/h11-13,16H,6-10H2,1-5H3,(H,18,19)/t11-,12+,13-/m0/s1. The number of rotatable bonds is 2. The van der Waals surface area contributed by atoms with Crippen LogP contribution in [0.25, 0.3) is 0 Å². The van der Waals surface area contributed by atoms with Crippen LogP contribution in [0.4, 0.5) is 4.79 Å². The molecule has 0 spiro atoms. The molecule has 0 unspecified atom stereocenters.